The Kier molecular flexibility index (Phi) is 4.72. The van der Waals surface area contributed by atoms with Crippen LogP contribution in [-0.2, 0) is 4.79 Å². The second-order valence-corrected chi connectivity index (χ2v) is 8.24. The predicted octanol–water partition coefficient (Wildman–Crippen LogP) is 3.16. The van der Waals surface area contributed by atoms with Gasteiger partial charge in [0.1, 0.15) is 5.75 Å². The van der Waals surface area contributed by atoms with E-state index in [1.54, 1.807) is 7.11 Å². The Labute approximate surface area is 150 Å². The van der Waals surface area contributed by atoms with E-state index in [2.05, 4.69) is 17.0 Å². The topological polar surface area (TPSA) is 55.6 Å². The molecule has 1 amide bonds. The lowest BCUT2D eigenvalue weighted by atomic mass is 9.65. The molecule has 3 fully saturated rings. The fourth-order valence-electron chi connectivity index (χ4n) is 5.36. The smallest absolute Gasteiger partial charge is 0.225 e. The van der Waals surface area contributed by atoms with Gasteiger partial charge in [0.05, 0.1) is 7.11 Å². The fraction of sp³-hybridized carbons (Fsp3) is 0.667. The number of carbonyl (C=O) groups is 1. The molecule has 2 aliphatic carbocycles. The number of fused-ring (bicyclic) bond motifs is 2. The zero-order valence-corrected chi connectivity index (χ0v) is 15.2. The standard InChI is InChI=1S/C21H30N2O2/c1-25-19-7-5-14(6-8-19)17-9-10-23(13-17)21(24)18-11-15-3-2-4-16(12-18)20(15)22/h5-8,15-18,20H,2-4,9-13,22H2,1H3. The molecule has 2 saturated carbocycles. The monoisotopic (exact) mass is 342 g/mol. The van der Waals surface area contributed by atoms with Gasteiger partial charge >= 0.3 is 0 Å². The van der Waals surface area contributed by atoms with Crippen LogP contribution in [0, 0.1) is 17.8 Å². The summed E-state index contributed by atoms with van der Waals surface area (Å²) in [4.78, 5) is 15.2. The van der Waals surface area contributed by atoms with Gasteiger partial charge in [-0.05, 0) is 61.6 Å². The zero-order valence-electron chi connectivity index (χ0n) is 15.2. The summed E-state index contributed by atoms with van der Waals surface area (Å²) in [7, 11) is 1.69. The van der Waals surface area contributed by atoms with Crippen molar-refractivity contribution in [2.45, 2.75) is 50.5 Å². The van der Waals surface area contributed by atoms with Gasteiger partial charge in [0, 0.05) is 31.0 Å². The van der Waals surface area contributed by atoms with E-state index < -0.39 is 0 Å². The first-order valence-electron chi connectivity index (χ1n) is 9.84. The summed E-state index contributed by atoms with van der Waals surface area (Å²) >= 11 is 0. The molecule has 0 aromatic heterocycles. The van der Waals surface area contributed by atoms with Crippen molar-refractivity contribution in [2.24, 2.45) is 23.5 Å². The molecule has 0 radical (unpaired) electrons. The average Bonchev–Trinajstić information content (AvgIpc) is 3.11. The van der Waals surface area contributed by atoms with E-state index in [1.165, 1.54) is 24.8 Å². The molecular weight excluding hydrogens is 312 g/mol. The number of methoxy groups -OCH3 is 1. The number of carbonyl (C=O) groups excluding carboxylic acids is 1. The van der Waals surface area contributed by atoms with E-state index >= 15 is 0 Å². The molecule has 4 nitrogen and oxygen atoms in total. The lowest BCUT2D eigenvalue weighted by Gasteiger charge is -2.44. The Hall–Kier alpha value is -1.55. The van der Waals surface area contributed by atoms with Crippen molar-refractivity contribution in [3.8, 4) is 5.75 Å². The van der Waals surface area contributed by atoms with Crippen molar-refractivity contribution in [1.29, 1.82) is 0 Å². The molecule has 3 atom stereocenters. The van der Waals surface area contributed by atoms with Gasteiger partial charge in [-0.15, -0.1) is 0 Å². The summed E-state index contributed by atoms with van der Waals surface area (Å²) in [6.45, 7) is 1.76. The van der Waals surface area contributed by atoms with Crippen molar-refractivity contribution in [1.82, 2.24) is 4.90 Å². The number of likely N-dealkylation sites (tertiary alicyclic amines) is 1. The van der Waals surface area contributed by atoms with Gasteiger partial charge in [0.25, 0.3) is 0 Å². The van der Waals surface area contributed by atoms with Gasteiger partial charge in [-0.1, -0.05) is 18.6 Å². The van der Waals surface area contributed by atoms with Crippen LogP contribution in [0.3, 0.4) is 0 Å². The van der Waals surface area contributed by atoms with Gasteiger partial charge in [-0.3, -0.25) is 4.79 Å². The molecule has 1 heterocycles. The molecule has 2 N–H and O–H groups in total. The van der Waals surface area contributed by atoms with Crippen molar-refractivity contribution in [2.75, 3.05) is 20.2 Å². The summed E-state index contributed by atoms with van der Waals surface area (Å²) in [5, 5.41) is 0. The fourth-order valence-corrected chi connectivity index (χ4v) is 5.36. The van der Waals surface area contributed by atoms with Crippen LogP contribution in [0.15, 0.2) is 24.3 Å². The number of nitrogens with zero attached hydrogens (tertiary/aromatic N) is 1. The van der Waals surface area contributed by atoms with Crippen molar-refractivity contribution < 1.29 is 9.53 Å². The third-order valence-corrected chi connectivity index (χ3v) is 6.85. The Morgan fingerprint density at radius 1 is 1.12 bits per heavy atom. The summed E-state index contributed by atoms with van der Waals surface area (Å²) in [6.07, 6.45) is 6.83. The van der Waals surface area contributed by atoms with Crippen LogP contribution in [0.5, 0.6) is 5.75 Å². The molecule has 1 saturated heterocycles. The summed E-state index contributed by atoms with van der Waals surface area (Å²) in [5.74, 6) is 3.09. The number of benzene rings is 1. The summed E-state index contributed by atoms with van der Waals surface area (Å²) in [5.41, 5.74) is 7.70. The molecule has 2 bridgehead atoms. The normalized spacial score (nSPS) is 34.8. The maximum Gasteiger partial charge on any atom is 0.225 e. The lowest BCUT2D eigenvalue weighted by molar-refractivity contribution is -0.137. The van der Waals surface area contributed by atoms with Gasteiger partial charge in [-0.25, -0.2) is 0 Å². The average molecular weight is 342 g/mol. The van der Waals surface area contributed by atoms with Gasteiger partial charge in [0.15, 0.2) is 0 Å². The molecular formula is C21H30N2O2. The highest BCUT2D eigenvalue weighted by molar-refractivity contribution is 5.79. The third-order valence-electron chi connectivity index (χ3n) is 6.85. The predicted molar refractivity (Wildman–Crippen MR) is 98.5 cm³/mol. The van der Waals surface area contributed by atoms with Crippen LogP contribution >= 0.6 is 0 Å². The van der Waals surface area contributed by atoms with E-state index in [0.717, 1.165) is 38.1 Å². The minimum absolute atomic E-state index is 0.213. The maximum atomic E-state index is 13.1. The number of hydrogen-bond donors (Lipinski definition) is 1. The van der Waals surface area contributed by atoms with Crippen LogP contribution in [0.2, 0.25) is 0 Å². The Bertz CT molecular complexity index is 601. The lowest BCUT2D eigenvalue weighted by Crippen LogP contribution is -2.49. The Morgan fingerprint density at radius 3 is 2.44 bits per heavy atom. The number of amides is 1. The molecule has 4 rings (SSSR count). The third kappa shape index (κ3) is 3.29. The van der Waals surface area contributed by atoms with Crippen molar-refractivity contribution >= 4 is 5.91 Å². The SMILES string of the molecule is COc1ccc(C2CCN(C(=O)C3CC4CCCC(C3)C4N)C2)cc1. The zero-order chi connectivity index (χ0) is 17.4. The van der Waals surface area contributed by atoms with Crippen molar-refractivity contribution in [3.63, 3.8) is 0 Å². The second-order valence-electron chi connectivity index (χ2n) is 8.24. The van der Waals surface area contributed by atoms with E-state index in [9.17, 15) is 4.79 Å². The number of hydrogen-bond acceptors (Lipinski definition) is 3. The highest BCUT2D eigenvalue weighted by Gasteiger charge is 2.42. The van der Waals surface area contributed by atoms with E-state index in [4.69, 9.17) is 10.5 Å². The van der Waals surface area contributed by atoms with Crippen LogP contribution < -0.4 is 10.5 Å². The van der Waals surface area contributed by atoms with E-state index in [-0.39, 0.29) is 5.92 Å². The van der Waals surface area contributed by atoms with Crippen LogP contribution in [0.25, 0.3) is 0 Å². The number of nitrogens with two attached hydrogens (primary N) is 1. The maximum absolute atomic E-state index is 13.1. The second kappa shape index (κ2) is 6.99. The van der Waals surface area contributed by atoms with E-state index in [0.29, 0.717) is 29.7 Å². The van der Waals surface area contributed by atoms with Crippen molar-refractivity contribution in [3.05, 3.63) is 29.8 Å². The molecule has 3 aliphatic rings. The minimum Gasteiger partial charge on any atom is -0.497 e. The molecule has 1 aliphatic heterocycles. The molecule has 4 heteroatoms. The molecule has 0 spiro atoms. The summed E-state index contributed by atoms with van der Waals surface area (Å²) in [6, 6.07) is 8.65. The largest absolute Gasteiger partial charge is 0.497 e. The first kappa shape index (κ1) is 16.9. The van der Waals surface area contributed by atoms with E-state index in [1.807, 2.05) is 12.1 Å². The summed E-state index contributed by atoms with van der Waals surface area (Å²) < 4.78 is 5.24. The number of ether oxygens (including phenoxy) is 1. The Morgan fingerprint density at radius 2 is 1.80 bits per heavy atom. The van der Waals surface area contributed by atoms with Gasteiger partial charge in [-0.2, -0.15) is 0 Å². The Balaban J connectivity index is 1.38. The molecule has 1 aromatic carbocycles. The molecule has 136 valence electrons. The molecule has 1 aromatic rings. The highest BCUT2D eigenvalue weighted by Crippen LogP contribution is 2.43. The number of rotatable bonds is 3. The highest BCUT2D eigenvalue weighted by atomic mass is 16.5. The quantitative estimate of drug-likeness (QED) is 0.918. The molecule has 25 heavy (non-hydrogen) atoms. The minimum atomic E-state index is 0.213. The van der Waals surface area contributed by atoms with Crippen LogP contribution in [0.4, 0.5) is 0 Å². The first-order chi connectivity index (χ1) is 12.2. The van der Waals surface area contributed by atoms with Gasteiger partial charge in [0.2, 0.25) is 5.91 Å². The van der Waals surface area contributed by atoms with Crippen LogP contribution in [-0.4, -0.2) is 37.0 Å². The van der Waals surface area contributed by atoms with Crippen LogP contribution in [0.1, 0.15) is 50.0 Å². The first-order valence-corrected chi connectivity index (χ1v) is 9.84. The van der Waals surface area contributed by atoms with Gasteiger partial charge < -0.3 is 15.4 Å². The molecule has 3 unspecified atom stereocenters.